The maximum Gasteiger partial charge on any atom is 0.146 e. The predicted octanol–water partition coefficient (Wildman–Crippen LogP) is 19.5. The van der Waals surface area contributed by atoms with Gasteiger partial charge in [0.1, 0.15) is 59.4 Å². The van der Waals surface area contributed by atoms with E-state index in [1.165, 1.54) is 33.4 Å². The second kappa shape index (κ2) is 28.2. The van der Waals surface area contributed by atoms with E-state index >= 15 is 0 Å². The van der Waals surface area contributed by atoms with Crippen molar-refractivity contribution in [3.05, 3.63) is 209 Å². The molecule has 2 heterocycles. The van der Waals surface area contributed by atoms with Crippen molar-refractivity contribution in [2.75, 3.05) is 33.7 Å². The molecule has 1 aliphatic carbocycles. The molecule has 0 amide bonds. The van der Waals surface area contributed by atoms with Gasteiger partial charge in [0.15, 0.2) is 0 Å². The lowest BCUT2D eigenvalue weighted by Gasteiger charge is -2.29. The van der Waals surface area contributed by atoms with Gasteiger partial charge in [-0.3, -0.25) is 0 Å². The van der Waals surface area contributed by atoms with Crippen LogP contribution in [0.1, 0.15) is 250 Å². The number of nitrogens with zero attached hydrogens (tertiary/aromatic N) is 4. The summed E-state index contributed by atoms with van der Waals surface area (Å²) in [5, 5.41) is 0.464. The number of aromatic nitrogens is 4. The normalized spacial score (nSPS) is 13.6. The summed E-state index contributed by atoms with van der Waals surface area (Å²) in [5.74, 6) is 7.69. The third kappa shape index (κ3) is 17.0. The molecule has 0 radical (unpaired) electrons. The molecule has 1 aliphatic rings. The summed E-state index contributed by atoms with van der Waals surface area (Å²) in [6.45, 7) is 47.3. The summed E-state index contributed by atoms with van der Waals surface area (Å²) in [7, 11) is 9.58. The van der Waals surface area contributed by atoms with Crippen molar-refractivity contribution in [1.29, 1.82) is 0 Å². The minimum absolute atomic E-state index is 0.204. The summed E-state index contributed by atoms with van der Waals surface area (Å²) in [6, 6.07) is 28.7. The lowest BCUT2D eigenvalue weighted by Crippen LogP contribution is -2.17. The first-order chi connectivity index (χ1) is 44.3. The van der Waals surface area contributed by atoms with Gasteiger partial charge in [0.05, 0.1) is 27.9 Å². The summed E-state index contributed by atoms with van der Waals surface area (Å²) >= 11 is 1.93. The molecule has 0 fully saturated rings. The van der Waals surface area contributed by atoms with Crippen LogP contribution in [0.3, 0.4) is 0 Å². The van der Waals surface area contributed by atoms with Crippen molar-refractivity contribution in [1.82, 2.24) is 19.1 Å². The van der Waals surface area contributed by atoms with Crippen LogP contribution in [-0.2, 0) is 98.3 Å². The topological polar surface area (TPSA) is 91.0 Å². The van der Waals surface area contributed by atoms with Crippen molar-refractivity contribution >= 4 is 11.8 Å². The molecule has 9 rings (SSSR count). The van der Waals surface area contributed by atoms with Crippen LogP contribution in [0.5, 0.6) is 34.5 Å². The lowest BCUT2D eigenvalue weighted by molar-refractivity contribution is 0.286. The first kappa shape index (κ1) is 72.2. The fraction of sp³-hybridized carbons (Fsp3) is 0.500. The molecule has 0 aliphatic heterocycles. The lowest BCUT2D eigenvalue weighted by atomic mass is 9.79. The van der Waals surface area contributed by atoms with E-state index in [9.17, 15) is 0 Å². The molecule has 11 heteroatoms. The summed E-state index contributed by atoms with van der Waals surface area (Å²) in [4.78, 5) is 9.59. The number of hydrogen-bond donors (Lipinski definition) is 0. The van der Waals surface area contributed by atoms with Crippen LogP contribution < -0.4 is 28.4 Å². The first-order valence-electron chi connectivity index (χ1n) is 34.4. The Morgan fingerprint density at radius 2 is 0.558 bits per heavy atom. The van der Waals surface area contributed by atoms with Crippen LogP contribution in [0.2, 0.25) is 0 Å². The van der Waals surface area contributed by atoms with Crippen LogP contribution in [0, 0.1) is 0 Å². The molecule has 2 aromatic heterocycles. The minimum Gasteiger partial charge on any atom is -0.496 e. The monoisotopic (exact) mass is 1300 g/mol. The molecular formula is C84H112N4O6S. The number of thioether (sulfide) groups is 1. The smallest absolute Gasteiger partial charge is 0.146 e. The van der Waals surface area contributed by atoms with Gasteiger partial charge in [-0.15, -0.1) is 0 Å². The van der Waals surface area contributed by atoms with E-state index in [2.05, 4.69) is 211 Å². The maximum absolute atomic E-state index is 7.36. The molecule has 510 valence electrons. The van der Waals surface area contributed by atoms with E-state index in [1.54, 1.807) is 0 Å². The van der Waals surface area contributed by atoms with E-state index in [-0.39, 0.29) is 45.7 Å². The van der Waals surface area contributed by atoms with Crippen LogP contribution >= 0.6 is 11.8 Å². The molecule has 0 saturated carbocycles. The Bertz CT molecular complexity index is 3810. The molecule has 12 bridgehead atoms. The Kier molecular flexibility index (Phi) is 21.4. The highest BCUT2D eigenvalue weighted by Gasteiger charge is 2.32. The quantitative estimate of drug-likeness (QED) is 0.0987. The Morgan fingerprint density at radius 3 is 0.737 bits per heavy atom. The van der Waals surface area contributed by atoms with Crippen LogP contribution in [0.15, 0.2) is 97.6 Å². The SMILES string of the molecule is COc1c2cc(C(C)(C)C)cc1Cc1cc(C(C)(C)C)cc(c1OCc1nccn1C)Cc1cc(C(C)(C)C)cc(c1OC)Cc1cc(C(C)(C)C)cc(c1OCc1nccn1C)Cc1cc(C(C)(C)C)cc(c1OC)Cc1cc(C(C)(C)C)cc(c1OCCSC(C)C)C2. The number of benzene rings is 6. The highest BCUT2D eigenvalue weighted by Crippen LogP contribution is 2.47. The van der Waals surface area contributed by atoms with Crippen molar-refractivity contribution in [3.8, 4) is 34.5 Å². The molecule has 0 spiro atoms. The van der Waals surface area contributed by atoms with E-state index in [0.29, 0.717) is 50.4 Å². The number of imidazole rings is 2. The summed E-state index contributed by atoms with van der Waals surface area (Å²) < 4.78 is 46.7. The van der Waals surface area contributed by atoms with Crippen molar-refractivity contribution < 1.29 is 28.4 Å². The van der Waals surface area contributed by atoms with E-state index < -0.39 is 0 Å². The van der Waals surface area contributed by atoms with Gasteiger partial charge in [0, 0.05) is 83.2 Å². The van der Waals surface area contributed by atoms with Crippen LogP contribution in [0.4, 0.5) is 0 Å². The van der Waals surface area contributed by atoms with Crippen molar-refractivity contribution in [3.63, 3.8) is 0 Å². The Labute approximate surface area is 575 Å². The number of hydrogen-bond acceptors (Lipinski definition) is 9. The number of ether oxygens (including phenoxy) is 6. The standard InChI is InChI=1S/C84H112N4O6S/c1-52(2)95-31-30-92-76-59-32-53-38-65(79(3,4)5)40-55(73(53)89-23)34-61-46-69(83(15,16)17)48-63(77(61)93-50-71-85-26-28-87(71)21)36-57-42-67(81(9,10)11)43-58(75(57)91-25)37-64-49-70(84(18,19)20)47-62(78(64)94-51-72-86-27-29-88(72)22)35-56-41-66(80(6,7)8)39-54(74(56)90-24)33-60(76)45-68(44-59)82(12,13)14/h26-29,38-49,52H,30-37,50-51H2,1-25H3. The Morgan fingerprint density at radius 1 is 0.347 bits per heavy atom. The van der Waals surface area contributed by atoms with Gasteiger partial charge in [-0.1, -0.05) is 211 Å². The average Bonchev–Trinajstić information content (AvgIpc) is 1.02. The van der Waals surface area contributed by atoms with Gasteiger partial charge in [-0.05, 0) is 138 Å². The highest BCUT2D eigenvalue weighted by atomic mass is 32.2. The Hall–Kier alpha value is -7.11. The number of methoxy groups -OCH3 is 3. The van der Waals surface area contributed by atoms with Gasteiger partial charge >= 0.3 is 0 Å². The van der Waals surface area contributed by atoms with Gasteiger partial charge in [0.2, 0.25) is 0 Å². The molecule has 95 heavy (non-hydrogen) atoms. The summed E-state index contributed by atoms with van der Waals surface area (Å²) in [6.07, 6.45) is 11.0. The van der Waals surface area contributed by atoms with E-state index in [0.717, 1.165) is 119 Å². The van der Waals surface area contributed by atoms with Gasteiger partial charge in [-0.25, -0.2) is 9.97 Å². The average molecular weight is 1310 g/mol. The molecule has 6 aromatic carbocycles. The number of aryl methyl sites for hydroxylation is 2. The molecular weight excluding hydrogens is 1190 g/mol. The third-order valence-electron chi connectivity index (χ3n) is 18.9. The summed E-state index contributed by atoms with van der Waals surface area (Å²) in [5.41, 5.74) is 19.1. The fourth-order valence-electron chi connectivity index (χ4n) is 13.0. The molecule has 0 unspecified atom stereocenters. The van der Waals surface area contributed by atoms with Crippen LogP contribution in [0.25, 0.3) is 0 Å². The Balaban J connectivity index is 1.44. The molecule has 10 nitrogen and oxygen atoms in total. The zero-order valence-corrected chi connectivity index (χ0v) is 63.3. The zero-order valence-electron chi connectivity index (χ0n) is 62.5. The maximum atomic E-state index is 7.36. The molecule has 0 saturated heterocycles. The predicted molar refractivity (Wildman–Crippen MR) is 396 cm³/mol. The van der Waals surface area contributed by atoms with E-state index in [1.807, 2.05) is 81.1 Å². The molecule has 8 aromatic rings. The molecule has 0 N–H and O–H groups in total. The van der Waals surface area contributed by atoms with Gasteiger partial charge in [-0.2, -0.15) is 11.8 Å². The minimum atomic E-state index is -0.227. The second-order valence-corrected chi connectivity index (χ2v) is 34.9. The van der Waals surface area contributed by atoms with Crippen molar-refractivity contribution in [2.24, 2.45) is 14.1 Å². The zero-order chi connectivity index (χ0) is 69.5. The van der Waals surface area contributed by atoms with Gasteiger partial charge < -0.3 is 37.6 Å². The van der Waals surface area contributed by atoms with Crippen LogP contribution in [-0.4, -0.2) is 58.0 Å². The number of fused-ring (bicyclic) bond motifs is 12. The van der Waals surface area contributed by atoms with Gasteiger partial charge in [0.25, 0.3) is 0 Å². The first-order valence-corrected chi connectivity index (χ1v) is 35.4. The highest BCUT2D eigenvalue weighted by molar-refractivity contribution is 7.99. The largest absolute Gasteiger partial charge is 0.496 e. The van der Waals surface area contributed by atoms with Crippen molar-refractivity contribution in [2.45, 2.75) is 228 Å². The fourth-order valence-corrected chi connectivity index (χ4v) is 13.7. The van der Waals surface area contributed by atoms with E-state index in [4.69, 9.17) is 38.4 Å². The second-order valence-electron chi connectivity index (χ2n) is 33.2. The molecule has 0 atom stereocenters. The number of rotatable bonds is 14. The third-order valence-corrected chi connectivity index (χ3v) is 19.9.